The number of aromatic nitrogens is 1. The van der Waals surface area contributed by atoms with Gasteiger partial charge in [0.1, 0.15) is 5.82 Å². The quantitative estimate of drug-likeness (QED) is 0.897. The molecule has 1 aromatic rings. The highest BCUT2D eigenvalue weighted by Crippen LogP contribution is 2.24. The van der Waals surface area contributed by atoms with Gasteiger partial charge in [-0.25, -0.2) is 4.98 Å². The van der Waals surface area contributed by atoms with Crippen LogP contribution in [0.2, 0.25) is 0 Å². The fourth-order valence-corrected chi connectivity index (χ4v) is 2.91. The van der Waals surface area contributed by atoms with Crippen molar-refractivity contribution in [1.29, 1.82) is 0 Å². The molecule has 1 N–H and O–H groups in total. The maximum Gasteiger partial charge on any atom is 0.133 e. The summed E-state index contributed by atoms with van der Waals surface area (Å²) in [7, 11) is 0. The Morgan fingerprint density at radius 3 is 2.45 bits per heavy atom. The molecule has 1 aliphatic heterocycles. The number of hydrogen-bond acceptors (Lipinski definition) is 3. The fraction of sp³-hybridized carbons (Fsp3) is 0.688. The minimum absolute atomic E-state index is 0.123. The fourth-order valence-electron chi connectivity index (χ4n) is 2.53. The molecule has 1 aromatic heterocycles. The minimum Gasteiger partial charge on any atom is -0.356 e. The first kappa shape index (κ1) is 15.8. The first-order valence-electron chi connectivity index (χ1n) is 7.60. The molecule has 112 valence electrons. The average molecular weight is 340 g/mol. The summed E-state index contributed by atoms with van der Waals surface area (Å²) in [5, 5.41) is 3.57. The molecule has 0 radical (unpaired) electrons. The maximum absolute atomic E-state index is 4.68. The topological polar surface area (TPSA) is 28.2 Å². The summed E-state index contributed by atoms with van der Waals surface area (Å²) in [4.78, 5) is 7.14. The van der Waals surface area contributed by atoms with Gasteiger partial charge in [0.2, 0.25) is 0 Å². The van der Waals surface area contributed by atoms with Crippen LogP contribution in [0.5, 0.6) is 0 Å². The van der Waals surface area contributed by atoms with Crippen LogP contribution in [0.3, 0.4) is 0 Å². The third-order valence-electron chi connectivity index (χ3n) is 3.62. The van der Waals surface area contributed by atoms with Gasteiger partial charge in [-0.3, -0.25) is 0 Å². The Hall–Kier alpha value is -0.610. The van der Waals surface area contributed by atoms with Crippen LogP contribution >= 0.6 is 15.9 Å². The van der Waals surface area contributed by atoms with Gasteiger partial charge in [-0.2, -0.15) is 0 Å². The SMILES string of the molecule is CC(C)(C)NCc1cc(Br)cnc1N1CCCCCC1. The number of nitrogens with one attached hydrogen (secondary N) is 1. The van der Waals surface area contributed by atoms with Gasteiger partial charge < -0.3 is 10.2 Å². The summed E-state index contributed by atoms with van der Waals surface area (Å²) in [5.74, 6) is 1.16. The molecule has 4 heteroatoms. The molecule has 1 aliphatic rings. The molecule has 0 amide bonds. The number of pyridine rings is 1. The van der Waals surface area contributed by atoms with Crippen molar-refractivity contribution in [2.24, 2.45) is 0 Å². The van der Waals surface area contributed by atoms with Crippen molar-refractivity contribution in [1.82, 2.24) is 10.3 Å². The molecule has 0 aromatic carbocycles. The zero-order chi connectivity index (χ0) is 14.6. The molecule has 0 atom stereocenters. The van der Waals surface area contributed by atoms with Crippen LogP contribution in [-0.4, -0.2) is 23.6 Å². The van der Waals surface area contributed by atoms with Gasteiger partial charge in [-0.15, -0.1) is 0 Å². The van der Waals surface area contributed by atoms with Crippen molar-refractivity contribution >= 4 is 21.7 Å². The molecular formula is C16H26BrN3. The van der Waals surface area contributed by atoms with E-state index in [9.17, 15) is 0 Å². The lowest BCUT2D eigenvalue weighted by atomic mass is 10.1. The van der Waals surface area contributed by atoms with Crippen molar-refractivity contribution in [3.05, 3.63) is 22.3 Å². The van der Waals surface area contributed by atoms with Gasteiger partial charge in [0.25, 0.3) is 0 Å². The summed E-state index contributed by atoms with van der Waals surface area (Å²) >= 11 is 3.55. The Kier molecular flexibility index (Phi) is 5.44. The Balaban J connectivity index is 2.18. The van der Waals surface area contributed by atoms with Crippen LogP contribution in [-0.2, 0) is 6.54 Å². The highest BCUT2D eigenvalue weighted by molar-refractivity contribution is 9.10. The molecule has 0 spiro atoms. The first-order chi connectivity index (χ1) is 9.46. The molecule has 2 heterocycles. The van der Waals surface area contributed by atoms with Gasteiger partial charge in [0, 0.05) is 41.4 Å². The highest BCUT2D eigenvalue weighted by atomic mass is 79.9. The lowest BCUT2D eigenvalue weighted by Gasteiger charge is -2.26. The lowest BCUT2D eigenvalue weighted by Crippen LogP contribution is -2.36. The van der Waals surface area contributed by atoms with E-state index in [0.29, 0.717) is 0 Å². The number of rotatable bonds is 3. The van der Waals surface area contributed by atoms with Gasteiger partial charge in [0.05, 0.1) is 0 Å². The second-order valence-electron chi connectivity index (χ2n) is 6.64. The van der Waals surface area contributed by atoms with Crippen molar-refractivity contribution < 1.29 is 0 Å². The van der Waals surface area contributed by atoms with Crippen LogP contribution < -0.4 is 10.2 Å². The Morgan fingerprint density at radius 2 is 1.85 bits per heavy atom. The van der Waals surface area contributed by atoms with Crippen molar-refractivity contribution in [2.45, 2.75) is 58.5 Å². The normalized spacial score (nSPS) is 17.1. The van der Waals surface area contributed by atoms with E-state index in [-0.39, 0.29) is 5.54 Å². The molecule has 0 saturated carbocycles. The zero-order valence-electron chi connectivity index (χ0n) is 12.9. The van der Waals surface area contributed by atoms with E-state index >= 15 is 0 Å². The molecule has 1 saturated heterocycles. The van der Waals surface area contributed by atoms with Crippen LogP contribution in [0.1, 0.15) is 52.0 Å². The van der Waals surface area contributed by atoms with Crippen LogP contribution in [0.25, 0.3) is 0 Å². The van der Waals surface area contributed by atoms with Crippen LogP contribution in [0.4, 0.5) is 5.82 Å². The van der Waals surface area contributed by atoms with Gasteiger partial charge >= 0.3 is 0 Å². The number of hydrogen-bond donors (Lipinski definition) is 1. The van der Waals surface area contributed by atoms with Crippen molar-refractivity contribution in [2.75, 3.05) is 18.0 Å². The highest BCUT2D eigenvalue weighted by Gasteiger charge is 2.17. The largest absolute Gasteiger partial charge is 0.356 e. The van der Waals surface area contributed by atoms with E-state index < -0.39 is 0 Å². The van der Waals surface area contributed by atoms with Crippen LogP contribution in [0, 0.1) is 0 Å². The third kappa shape index (κ3) is 4.74. The van der Waals surface area contributed by atoms with E-state index in [1.54, 1.807) is 0 Å². The van der Waals surface area contributed by atoms with Gasteiger partial charge in [0.15, 0.2) is 0 Å². The molecular weight excluding hydrogens is 314 g/mol. The minimum atomic E-state index is 0.123. The monoisotopic (exact) mass is 339 g/mol. The zero-order valence-corrected chi connectivity index (χ0v) is 14.5. The van der Waals surface area contributed by atoms with E-state index in [2.05, 4.69) is 58.0 Å². The summed E-state index contributed by atoms with van der Waals surface area (Å²) in [6.45, 7) is 9.73. The first-order valence-corrected chi connectivity index (χ1v) is 8.39. The van der Waals surface area contributed by atoms with Crippen LogP contribution in [0.15, 0.2) is 16.7 Å². The Bertz CT molecular complexity index is 432. The maximum atomic E-state index is 4.68. The predicted octanol–water partition coefficient (Wildman–Crippen LogP) is 4.11. The molecule has 0 aliphatic carbocycles. The Morgan fingerprint density at radius 1 is 1.20 bits per heavy atom. The number of halogens is 1. The van der Waals surface area contributed by atoms with E-state index in [4.69, 9.17) is 0 Å². The average Bonchev–Trinajstić information content (AvgIpc) is 2.64. The summed E-state index contributed by atoms with van der Waals surface area (Å²) in [6.07, 6.45) is 7.18. The smallest absolute Gasteiger partial charge is 0.133 e. The molecule has 0 unspecified atom stereocenters. The standard InChI is InChI=1S/C16H26BrN3/c1-16(2,3)19-11-13-10-14(17)12-18-15(13)20-8-6-4-5-7-9-20/h10,12,19H,4-9,11H2,1-3H3. The summed E-state index contributed by atoms with van der Waals surface area (Å²) < 4.78 is 1.06. The Labute approximate surface area is 131 Å². The molecule has 20 heavy (non-hydrogen) atoms. The third-order valence-corrected chi connectivity index (χ3v) is 4.06. The number of nitrogens with zero attached hydrogens (tertiary/aromatic N) is 2. The molecule has 3 nitrogen and oxygen atoms in total. The van der Waals surface area contributed by atoms with Gasteiger partial charge in [-0.05, 0) is 55.6 Å². The van der Waals surface area contributed by atoms with E-state index in [0.717, 1.165) is 29.9 Å². The summed E-state index contributed by atoms with van der Waals surface area (Å²) in [5.41, 5.74) is 1.41. The molecule has 2 rings (SSSR count). The van der Waals surface area contributed by atoms with Crippen molar-refractivity contribution in [3.63, 3.8) is 0 Å². The second-order valence-corrected chi connectivity index (χ2v) is 7.56. The predicted molar refractivity (Wildman–Crippen MR) is 89.2 cm³/mol. The van der Waals surface area contributed by atoms with Gasteiger partial charge in [-0.1, -0.05) is 12.8 Å². The molecule has 0 bridgehead atoms. The van der Waals surface area contributed by atoms with E-state index in [1.807, 2.05) is 6.20 Å². The number of anilines is 1. The van der Waals surface area contributed by atoms with E-state index in [1.165, 1.54) is 31.2 Å². The second kappa shape index (κ2) is 6.90. The van der Waals surface area contributed by atoms with Crippen molar-refractivity contribution in [3.8, 4) is 0 Å². The molecule has 1 fully saturated rings. The summed E-state index contributed by atoms with van der Waals surface area (Å²) in [6, 6.07) is 2.20. The lowest BCUT2D eigenvalue weighted by molar-refractivity contribution is 0.424.